The van der Waals surface area contributed by atoms with Crippen molar-refractivity contribution in [2.75, 3.05) is 0 Å². The van der Waals surface area contributed by atoms with Crippen LogP contribution in [0, 0.1) is 11.3 Å². The lowest BCUT2D eigenvalue weighted by molar-refractivity contribution is 0.0955. The molecule has 0 saturated carbocycles. The summed E-state index contributed by atoms with van der Waals surface area (Å²) in [5, 5.41) is 15.5. The minimum absolute atomic E-state index is 0.0454. The molecule has 3 aromatic rings. The number of aromatic nitrogens is 3. The van der Waals surface area contributed by atoms with Crippen LogP contribution in [-0.4, -0.2) is 21.1 Å². The molecule has 0 atom stereocenters. The number of hydrogen-bond acceptors (Lipinski definition) is 6. The normalized spacial score (nSPS) is 10.3. The number of nitriles is 1. The fourth-order valence-electron chi connectivity index (χ4n) is 2.44. The van der Waals surface area contributed by atoms with Crippen LogP contribution in [0.15, 0.2) is 39.9 Å². The van der Waals surface area contributed by atoms with Gasteiger partial charge in [0.15, 0.2) is 0 Å². The molecule has 2 heterocycles. The maximum Gasteiger partial charge on any atom is 0.288 e. The van der Waals surface area contributed by atoms with Gasteiger partial charge in [-0.3, -0.25) is 19.8 Å². The third-order valence-corrected chi connectivity index (χ3v) is 3.47. The summed E-state index contributed by atoms with van der Waals surface area (Å²) in [6.07, 6.45) is 0. The molecule has 0 bridgehead atoms. The van der Waals surface area contributed by atoms with Gasteiger partial charge in [0.05, 0.1) is 5.56 Å². The molecule has 0 radical (unpaired) electrons. The number of carbonyl (C=O) groups is 1. The number of amides is 1. The average Bonchev–Trinajstić information content (AvgIpc) is 2.61. The molecule has 5 N–H and O–H groups in total. The number of nitrogens with zero attached hydrogens (tertiary/aromatic N) is 2. The van der Waals surface area contributed by atoms with Gasteiger partial charge in [-0.05, 0) is 0 Å². The molecule has 24 heavy (non-hydrogen) atoms. The third kappa shape index (κ3) is 2.23. The first kappa shape index (κ1) is 15.1. The summed E-state index contributed by atoms with van der Waals surface area (Å²) in [4.78, 5) is 38.6. The molecule has 118 valence electrons. The number of nitrogens with one attached hydrogen (secondary N) is 3. The second-order valence-electron chi connectivity index (χ2n) is 4.81. The molecule has 2 aromatic heterocycles. The van der Waals surface area contributed by atoms with E-state index in [9.17, 15) is 19.6 Å². The van der Waals surface area contributed by atoms with Crippen LogP contribution in [0.2, 0.25) is 0 Å². The zero-order valence-corrected chi connectivity index (χ0v) is 12.1. The highest BCUT2D eigenvalue weighted by Crippen LogP contribution is 2.26. The van der Waals surface area contributed by atoms with E-state index in [1.165, 1.54) is 0 Å². The second-order valence-corrected chi connectivity index (χ2v) is 4.81. The number of H-pyrrole nitrogens is 2. The molecule has 0 aliphatic heterocycles. The van der Waals surface area contributed by atoms with E-state index in [-0.39, 0.29) is 22.2 Å². The van der Waals surface area contributed by atoms with Crippen molar-refractivity contribution in [3.05, 3.63) is 62.2 Å². The van der Waals surface area contributed by atoms with E-state index in [2.05, 4.69) is 15.2 Å². The van der Waals surface area contributed by atoms with Crippen LogP contribution in [0.3, 0.4) is 0 Å². The second kappa shape index (κ2) is 5.79. The van der Waals surface area contributed by atoms with Crippen molar-refractivity contribution in [1.82, 2.24) is 20.6 Å². The number of nitrogen functional groups attached to an aromatic ring is 1. The van der Waals surface area contributed by atoms with Crippen LogP contribution in [-0.2, 0) is 0 Å². The van der Waals surface area contributed by atoms with E-state index in [4.69, 9.17) is 5.84 Å². The van der Waals surface area contributed by atoms with Crippen molar-refractivity contribution in [1.29, 1.82) is 5.26 Å². The van der Waals surface area contributed by atoms with Gasteiger partial charge in [0.25, 0.3) is 17.0 Å². The highest BCUT2D eigenvalue weighted by Gasteiger charge is 2.23. The zero-order valence-electron chi connectivity index (χ0n) is 12.1. The van der Waals surface area contributed by atoms with Crippen molar-refractivity contribution < 1.29 is 4.79 Å². The van der Waals surface area contributed by atoms with Gasteiger partial charge < -0.3 is 4.98 Å². The molecule has 3 rings (SSSR count). The van der Waals surface area contributed by atoms with Crippen LogP contribution in [0.25, 0.3) is 22.2 Å². The molecule has 0 saturated heterocycles. The maximum atomic E-state index is 12.2. The number of carbonyl (C=O) groups excluding carboxylic acids is 1. The number of nitrogens with two attached hydrogens (primary N) is 1. The molecule has 9 heteroatoms. The molecule has 1 aromatic carbocycles. The molecular formula is C15H10N6O3. The average molecular weight is 322 g/mol. The van der Waals surface area contributed by atoms with Crippen LogP contribution < -0.4 is 22.4 Å². The Labute approximate surface area is 133 Å². The molecule has 0 fully saturated rings. The molecule has 0 aliphatic rings. The van der Waals surface area contributed by atoms with Crippen molar-refractivity contribution >= 4 is 16.8 Å². The van der Waals surface area contributed by atoms with Crippen LogP contribution in [0.1, 0.15) is 15.9 Å². The summed E-state index contributed by atoms with van der Waals surface area (Å²) in [7, 11) is 0. The molecule has 0 spiro atoms. The lowest BCUT2D eigenvalue weighted by Gasteiger charge is -2.10. The Bertz CT molecular complexity index is 1110. The minimum atomic E-state index is -0.868. The smallest absolute Gasteiger partial charge is 0.288 e. The standard InChI is InChI=1S/C15H10N6O3/c16-6-8-9(14(23)19-17)10-11(7-4-2-1-3-5-7)20-21-15(24)12(10)18-13(8)22/h1-5H,17H2,(H,18,22)(H,19,23)(H,21,24). The van der Waals surface area contributed by atoms with Gasteiger partial charge in [-0.15, -0.1) is 0 Å². The van der Waals surface area contributed by atoms with E-state index in [1.807, 2.05) is 5.43 Å². The predicted octanol–water partition coefficient (Wildman–Crippen LogP) is -0.246. The number of hydrogen-bond donors (Lipinski definition) is 4. The summed E-state index contributed by atoms with van der Waals surface area (Å²) in [5.74, 6) is 4.30. The Morgan fingerprint density at radius 1 is 1.21 bits per heavy atom. The fourth-order valence-corrected chi connectivity index (χ4v) is 2.44. The zero-order chi connectivity index (χ0) is 17.3. The lowest BCUT2D eigenvalue weighted by atomic mass is 9.99. The topological polar surface area (TPSA) is 158 Å². The lowest BCUT2D eigenvalue weighted by Crippen LogP contribution is -2.33. The van der Waals surface area contributed by atoms with Crippen molar-refractivity contribution in [3.8, 4) is 17.3 Å². The van der Waals surface area contributed by atoms with Gasteiger partial charge >= 0.3 is 0 Å². The van der Waals surface area contributed by atoms with Crippen molar-refractivity contribution in [3.63, 3.8) is 0 Å². The molecule has 9 nitrogen and oxygen atoms in total. The van der Waals surface area contributed by atoms with Gasteiger partial charge in [0, 0.05) is 10.9 Å². The Morgan fingerprint density at radius 2 is 1.92 bits per heavy atom. The number of hydrazine groups is 1. The van der Waals surface area contributed by atoms with E-state index in [1.54, 1.807) is 36.4 Å². The van der Waals surface area contributed by atoms with Gasteiger partial charge in [0.1, 0.15) is 22.8 Å². The Morgan fingerprint density at radius 3 is 2.54 bits per heavy atom. The van der Waals surface area contributed by atoms with E-state index < -0.39 is 22.6 Å². The molecule has 0 aliphatic carbocycles. The van der Waals surface area contributed by atoms with E-state index >= 15 is 0 Å². The highest BCUT2D eigenvalue weighted by molar-refractivity contribution is 6.11. The van der Waals surface area contributed by atoms with Gasteiger partial charge in [-0.2, -0.15) is 10.4 Å². The SMILES string of the molecule is N#Cc1c(C(=O)NN)c2c(-c3ccccc3)n[nH]c(=O)c2[nH]c1=O. The Kier molecular flexibility index (Phi) is 3.65. The number of aromatic amines is 2. The van der Waals surface area contributed by atoms with Crippen molar-refractivity contribution in [2.24, 2.45) is 5.84 Å². The predicted molar refractivity (Wildman–Crippen MR) is 84.8 cm³/mol. The van der Waals surface area contributed by atoms with Gasteiger partial charge in [-0.1, -0.05) is 30.3 Å². The monoisotopic (exact) mass is 322 g/mol. The van der Waals surface area contributed by atoms with Gasteiger partial charge in [-0.25, -0.2) is 10.9 Å². The summed E-state index contributed by atoms with van der Waals surface area (Å²) >= 11 is 0. The van der Waals surface area contributed by atoms with Gasteiger partial charge in [0.2, 0.25) is 0 Å². The van der Waals surface area contributed by atoms with Crippen LogP contribution in [0.4, 0.5) is 0 Å². The number of fused-ring (bicyclic) bond motifs is 1. The summed E-state index contributed by atoms with van der Waals surface area (Å²) in [6, 6.07) is 10.4. The minimum Gasteiger partial charge on any atom is -0.316 e. The number of rotatable bonds is 2. The molecular weight excluding hydrogens is 312 g/mol. The highest BCUT2D eigenvalue weighted by atomic mass is 16.2. The maximum absolute atomic E-state index is 12.2. The van der Waals surface area contributed by atoms with Crippen LogP contribution in [0.5, 0.6) is 0 Å². The fraction of sp³-hybridized carbons (Fsp3) is 0. The first-order valence-corrected chi connectivity index (χ1v) is 6.73. The van der Waals surface area contributed by atoms with Crippen molar-refractivity contribution in [2.45, 2.75) is 0 Å². The van der Waals surface area contributed by atoms with E-state index in [0.717, 1.165) is 0 Å². The summed E-state index contributed by atoms with van der Waals surface area (Å²) in [5.41, 5.74) is 0.244. The third-order valence-electron chi connectivity index (χ3n) is 3.47. The van der Waals surface area contributed by atoms with Crippen LogP contribution >= 0.6 is 0 Å². The quantitative estimate of drug-likeness (QED) is 0.289. The Balaban J connectivity index is 2.60. The van der Waals surface area contributed by atoms with E-state index in [0.29, 0.717) is 5.56 Å². The number of pyridine rings is 1. The Hall–Kier alpha value is -3.77. The number of benzene rings is 1. The molecule has 0 unspecified atom stereocenters. The first-order valence-electron chi connectivity index (χ1n) is 6.73. The summed E-state index contributed by atoms with van der Waals surface area (Å²) in [6.45, 7) is 0. The first-order chi connectivity index (χ1) is 11.6. The largest absolute Gasteiger partial charge is 0.316 e. The molecule has 1 amide bonds. The summed E-state index contributed by atoms with van der Waals surface area (Å²) < 4.78 is 0.